The minimum absolute atomic E-state index is 0.150. The number of carbonyl (C=O) groups excluding carboxylic acids is 1. The number of anilines is 1. The molecular weight excluding hydrogens is 464 g/mol. The zero-order valence-corrected chi connectivity index (χ0v) is 17.8. The highest BCUT2D eigenvalue weighted by molar-refractivity contribution is 9.10. The predicted molar refractivity (Wildman–Crippen MR) is 109 cm³/mol. The van der Waals surface area contributed by atoms with Gasteiger partial charge in [0.2, 0.25) is 10.0 Å². The summed E-state index contributed by atoms with van der Waals surface area (Å²) in [6.07, 6.45) is 0. The quantitative estimate of drug-likeness (QED) is 0.719. The molecule has 10 heteroatoms. The standard InChI is InChI=1S/C19H19BrN2O6S/c20-15-11-17-18(28-10-9-27-17)12-16(15)21-19(23)13-1-3-14(4-2-13)29(24,25)22-5-7-26-8-6-22/h1-4,11-12H,5-10H2,(H,21,23). The lowest BCUT2D eigenvalue weighted by Crippen LogP contribution is -2.40. The maximum Gasteiger partial charge on any atom is 0.255 e. The van der Waals surface area contributed by atoms with Crippen molar-refractivity contribution in [2.75, 3.05) is 44.8 Å². The Morgan fingerprint density at radius 1 is 0.966 bits per heavy atom. The second-order valence-electron chi connectivity index (χ2n) is 6.47. The molecular formula is C19H19BrN2O6S. The average Bonchev–Trinajstić information content (AvgIpc) is 2.75. The molecule has 2 heterocycles. The topological polar surface area (TPSA) is 94.2 Å². The van der Waals surface area contributed by atoms with Crippen LogP contribution in [0.5, 0.6) is 11.5 Å². The van der Waals surface area contributed by atoms with Gasteiger partial charge in [-0.15, -0.1) is 0 Å². The van der Waals surface area contributed by atoms with Crippen molar-refractivity contribution < 1.29 is 27.4 Å². The van der Waals surface area contributed by atoms with Crippen LogP contribution in [0.4, 0.5) is 5.69 Å². The summed E-state index contributed by atoms with van der Waals surface area (Å²) in [4.78, 5) is 12.8. The number of rotatable bonds is 4. The molecule has 0 aromatic heterocycles. The normalized spacial score (nSPS) is 17.0. The van der Waals surface area contributed by atoms with Crippen LogP contribution in [0.1, 0.15) is 10.4 Å². The smallest absolute Gasteiger partial charge is 0.255 e. The van der Waals surface area contributed by atoms with Crippen molar-refractivity contribution in [1.82, 2.24) is 4.31 Å². The van der Waals surface area contributed by atoms with Gasteiger partial charge in [0, 0.05) is 35.3 Å². The van der Waals surface area contributed by atoms with Gasteiger partial charge in [0.05, 0.1) is 23.8 Å². The Morgan fingerprint density at radius 3 is 2.24 bits per heavy atom. The van der Waals surface area contributed by atoms with E-state index < -0.39 is 10.0 Å². The first kappa shape index (κ1) is 20.1. The van der Waals surface area contributed by atoms with Gasteiger partial charge in [-0.2, -0.15) is 4.31 Å². The number of fused-ring (bicyclic) bond motifs is 1. The number of carbonyl (C=O) groups is 1. The van der Waals surface area contributed by atoms with Crippen molar-refractivity contribution in [3.05, 3.63) is 46.4 Å². The van der Waals surface area contributed by atoms with Crippen molar-refractivity contribution in [3.63, 3.8) is 0 Å². The minimum atomic E-state index is -3.60. The molecule has 1 N–H and O–H groups in total. The summed E-state index contributed by atoms with van der Waals surface area (Å²) < 4.78 is 43.6. The molecule has 4 rings (SSSR count). The van der Waals surface area contributed by atoms with Gasteiger partial charge in [0.1, 0.15) is 13.2 Å². The van der Waals surface area contributed by atoms with E-state index in [-0.39, 0.29) is 10.8 Å². The minimum Gasteiger partial charge on any atom is -0.486 e. The summed E-state index contributed by atoms with van der Waals surface area (Å²) in [7, 11) is -3.60. The summed E-state index contributed by atoms with van der Waals surface area (Å²) in [5, 5.41) is 2.80. The monoisotopic (exact) mass is 482 g/mol. The van der Waals surface area contributed by atoms with Crippen LogP contribution < -0.4 is 14.8 Å². The van der Waals surface area contributed by atoms with Gasteiger partial charge in [-0.1, -0.05) is 0 Å². The van der Waals surface area contributed by atoms with Gasteiger partial charge in [-0.05, 0) is 40.2 Å². The molecule has 0 radical (unpaired) electrons. The van der Waals surface area contributed by atoms with E-state index in [0.717, 1.165) is 0 Å². The molecule has 1 saturated heterocycles. The molecule has 8 nitrogen and oxygen atoms in total. The molecule has 0 saturated carbocycles. The van der Waals surface area contributed by atoms with E-state index in [4.69, 9.17) is 14.2 Å². The van der Waals surface area contributed by atoms with Crippen LogP contribution in [0.2, 0.25) is 0 Å². The van der Waals surface area contributed by atoms with Gasteiger partial charge < -0.3 is 19.5 Å². The zero-order chi connectivity index (χ0) is 20.4. The van der Waals surface area contributed by atoms with Crippen molar-refractivity contribution in [2.24, 2.45) is 0 Å². The van der Waals surface area contributed by atoms with Crippen molar-refractivity contribution in [1.29, 1.82) is 0 Å². The number of hydrogen-bond acceptors (Lipinski definition) is 6. The second-order valence-corrected chi connectivity index (χ2v) is 9.26. The van der Waals surface area contributed by atoms with E-state index in [1.165, 1.54) is 28.6 Å². The molecule has 2 aliphatic heterocycles. The highest BCUT2D eigenvalue weighted by Gasteiger charge is 2.26. The van der Waals surface area contributed by atoms with Gasteiger partial charge >= 0.3 is 0 Å². The first-order chi connectivity index (χ1) is 13.9. The lowest BCUT2D eigenvalue weighted by atomic mass is 10.2. The zero-order valence-electron chi connectivity index (χ0n) is 15.4. The van der Waals surface area contributed by atoms with Crippen LogP contribution in [0, 0.1) is 0 Å². The summed E-state index contributed by atoms with van der Waals surface area (Å²) in [6, 6.07) is 9.30. The Balaban J connectivity index is 1.50. The fourth-order valence-corrected chi connectivity index (χ4v) is 4.90. The summed E-state index contributed by atoms with van der Waals surface area (Å²) in [5.74, 6) is 0.804. The van der Waals surface area contributed by atoms with Crippen molar-refractivity contribution >= 4 is 37.5 Å². The number of morpholine rings is 1. The van der Waals surface area contributed by atoms with E-state index in [9.17, 15) is 13.2 Å². The van der Waals surface area contributed by atoms with Crippen molar-refractivity contribution in [3.8, 4) is 11.5 Å². The number of benzene rings is 2. The number of nitrogens with one attached hydrogen (secondary N) is 1. The van der Waals surface area contributed by atoms with Gasteiger partial charge in [-0.25, -0.2) is 8.42 Å². The van der Waals surface area contributed by atoms with Crippen LogP contribution in [-0.4, -0.2) is 58.1 Å². The number of hydrogen-bond donors (Lipinski definition) is 1. The van der Waals surface area contributed by atoms with Crippen LogP contribution in [0.3, 0.4) is 0 Å². The van der Waals surface area contributed by atoms with Crippen LogP contribution in [0.25, 0.3) is 0 Å². The summed E-state index contributed by atoms with van der Waals surface area (Å²) >= 11 is 3.41. The lowest BCUT2D eigenvalue weighted by Gasteiger charge is -2.26. The van der Waals surface area contributed by atoms with E-state index in [2.05, 4.69) is 21.2 Å². The van der Waals surface area contributed by atoms with Crippen molar-refractivity contribution in [2.45, 2.75) is 4.90 Å². The molecule has 2 aromatic rings. The largest absolute Gasteiger partial charge is 0.486 e. The maximum absolute atomic E-state index is 12.7. The van der Waals surface area contributed by atoms with Gasteiger partial charge in [0.15, 0.2) is 11.5 Å². The number of amides is 1. The first-order valence-corrected chi connectivity index (χ1v) is 11.3. The molecule has 0 atom stereocenters. The average molecular weight is 483 g/mol. The molecule has 29 heavy (non-hydrogen) atoms. The van der Waals surface area contributed by atoms with E-state index in [1.54, 1.807) is 12.1 Å². The molecule has 0 spiro atoms. The number of sulfonamides is 1. The Morgan fingerprint density at radius 2 is 1.59 bits per heavy atom. The van der Waals surface area contributed by atoms with Gasteiger partial charge in [-0.3, -0.25) is 4.79 Å². The Kier molecular flexibility index (Phi) is 5.77. The first-order valence-electron chi connectivity index (χ1n) is 9.03. The van der Waals surface area contributed by atoms with E-state index >= 15 is 0 Å². The molecule has 1 fully saturated rings. The highest BCUT2D eigenvalue weighted by Crippen LogP contribution is 2.38. The third-order valence-corrected chi connectivity index (χ3v) is 7.17. The molecule has 2 aliphatic rings. The predicted octanol–water partition coefficient (Wildman–Crippen LogP) is 2.49. The van der Waals surface area contributed by atoms with E-state index in [1.807, 2.05) is 0 Å². The highest BCUT2D eigenvalue weighted by atomic mass is 79.9. The lowest BCUT2D eigenvalue weighted by molar-refractivity contribution is 0.0730. The molecule has 0 unspecified atom stereocenters. The number of nitrogens with zero attached hydrogens (tertiary/aromatic N) is 1. The third-order valence-electron chi connectivity index (χ3n) is 4.60. The van der Waals surface area contributed by atoms with Crippen LogP contribution in [0.15, 0.2) is 45.8 Å². The SMILES string of the molecule is O=C(Nc1cc2c(cc1Br)OCCO2)c1ccc(S(=O)(=O)N2CCOCC2)cc1. The summed E-state index contributed by atoms with van der Waals surface area (Å²) in [6.45, 7) is 2.33. The number of ether oxygens (including phenoxy) is 3. The molecule has 1 amide bonds. The molecule has 0 bridgehead atoms. The maximum atomic E-state index is 12.7. The van der Waals surface area contributed by atoms with Crippen LogP contribution >= 0.6 is 15.9 Å². The molecule has 154 valence electrons. The summed E-state index contributed by atoms with van der Waals surface area (Å²) in [5.41, 5.74) is 0.872. The Hall–Kier alpha value is -2.14. The molecule has 2 aromatic carbocycles. The Bertz CT molecular complexity index is 1020. The van der Waals surface area contributed by atoms with E-state index in [0.29, 0.717) is 66.7 Å². The third kappa shape index (κ3) is 4.25. The number of halogens is 1. The Labute approximate surface area is 176 Å². The molecule has 0 aliphatic carbocycles. The van der Waals surface area contributed by atoms with Gasteiger partial charge in [0.25, 0.3) is 5.91 Å². The second kappa shape index (κ2) is 8.31. The van der Waals surface area contributed by atoms with Crippen LogP contribution in [-0.2, 0) is 14.8 Å². The fraction of sp³-hybridized carbons (Fsp3) is 0.316. The fourth-order valence-electron chi connectivity index (χ4n) is 3.07.